The second kappa shape index (κ2) is 7.27. The number of carbonyl (C=O) groups is 1. The summed E-state index contributed by atoms with van der Waals surface area (Å²) in [4.78, 5) is 14.3. The highest BCUT2D eigenvalue weighted by Crippen LogP contribution is 2.27. The number of hydrogen-bond donors (Lipinski definition) is 1. The Balaban J connectivity index is 2.15. The normalized spacial score (nSPS) is 10.4. The first-order valence-corrected chi connectivity index (χ1v) is 8.09. The lowest BCUT2D eigenvalue weighted by molar-refractivity contribution is 0.103. The van der Waals surface area contributed by atoms with Crippen molar-refractivity contribution in [1.29, 1.82) is 0 Å². The number of hydrogen-bond acceptors (Lipinski definition) is 3. The molecule has 0 fully saturated rings. The summed E-state index contributed by atoms with van der Waals surface area (Å²) < 4.78 is 5.66. The predicted molar refractivity (Wildman–Crippen MR) is 88.6 cm³/mol. The maximum Gasteiger partial charge on any atom is 0.265 e. The van der Waals surface area contributed by atoms with Crippen molar-refractivity contribution in [3.05, 3.63) is 45.6 Å². The Morgan fingerprint density at radius 2 is 2.05 bits per heavy atom. The van der Waals surface area contributed by atoms with E-state index in [1.807, 2.05) is 30.3 Å². The molecule has 0 saturated heterocycles. The topological polar surface area (TPSA) is 38.3 Å². The van der Waals surface area contributed by atoms with Crippen molar-refractivity contribution < 1.29 is 9.53 Å². The van der Waals surface area contributed by atoms with Gasteiger partial charge < -0.3 is 10.1 Å². The SMILES string of the molecule is CCCOc1ccccc1NC(=O)c1cc(CC)c(C)s1. The number of thiophene rings is 1. The van der Waals surface area contributed by atoms with Gasteiger partial charge in [0.2, 0.25) is 0 Å². The number of amides is 1. The zero-order valence-corrected chi connectivity index (χ0v) is 13.5. The summed E-state index contributed by atoms with van der Waals surface area (Å²) >= 11 is 1.54. The van der Waals surface area contributed by atoms with E-state index in [-0.39, 0.29) is 5.91 Å². The van der Waals surface area contributed by atoms with Crippen molar-refractivity contribution in [2.45, 2.75) is 33.6 Å². The summed E-state index contributed by atoms with van der Waals surface area (Å²) in [7, 11) is 0. The smallest absolute Gasteiger partial charge is 0.265 e. The highest BCUT2D eigenvalue weighted by atomic mass is 32.1. The molecule has 112 valence electrons. The largest absolute Gasteiger partial charge is 0.491 e. The van der Waals surface area contributed by atoms with Gasteiger partial charge in [-0.1, -0.05) is 26.0 Å². The molecule has 0 radical (unpaired) electrons. The lowest BCUT2D eigenvalue weighted by atomic mass is 10.2. The number of ether oxygens (including phenoxy) is 1. The van der Waals surface area contributed by atoms with Crippen molar-refractivity contribution in [2.75, 3.05) is 11.9 Å². The van der Waals surface area contributed by atoms with Crippen LogP contribution in [0.25, 0.3) is 0 Å². The van der Waals surface area contributed by atoms with Gasteiger partial charge in [-0.2, -0.15) is 0 Å². The van der Waals surface area contributed by atoms with Crippen LogP contribution in [0.3, 0.4) is 0 Å². The molecule has 1 aromatic carbocycles. The number of anilines is 1. The predicted octanol–water partition coefficient (Wildman–Crippen LogP) is 4.66. The maximum absolute atomic E-state index is 12.4. The van der Waals surface area contributed by atoms with E-state index in [4.69, 9.17) is 4.74 Å². The van der Waals surface area contributed by atoms with Crippen molar-refractivity contribution in [2.24, 2.45) is 0 Å². The first-order chi connectivity index (χ1) is 10.2. The van der Waals surface area contributed by atoms with Gasteiger partial charge in [0.15, 0.2) is 0 Å². The monoisotopic (exact) mass is 303 g/mol. The molecule has 1 N–H and O–H groups in total. The molecule has 0 aliphatic rings. The highest BCUT2D eigenvalue weighted by Gasteiger charge is 2.13. The summed E-state index contributed by atoms with van der Waals surface area (Å²) in [6.45, 7) is 6.86. The summed E-state index contributed by atoms with van der Waals surface area (Å²) in [5.41, 5.74) is 1.96. The number of carbonyl (C=O) groups excluding carboxylic acids is 1. The molecular weight excluding hydrogens is 282 g/mol. The van der Waals surface area contributed by atoms with Crippen molar-refractivity contribution in [3.63, 3.8) is 0 Å². The molecule has 4 heteroatoms. The molecule has 0 spiro atoms. The molecule has 2 aromatic rings. The third-order valence-electron chi connectivity index (χ3n) is 3.22. The van der Waals surface area contributed by atoms with Gasteiger partial charge in [-0.15, -0.1) is 11.3 Å². The second-order valence-electron chi connectivity index (χ2n) is 4.84. The van der Waals surface area contributed by atoms with Crippen LogP contribution in [-0.4, -0.2) is 12.5 Å². The number of aryl methyl sites for hydroxylation is 2. The van der Waals surface area contributed by atoms with E-state index in [2.05, 4.69) is 26.1 Å². The van der Waals surface area contributed by atoms with Crippen LogP contribution in [0.5, 0.6) is 5.75 Å². The quantitative estimate of drug-likeness (QED) is 0.843. The van der Waals surface area contributed by atoms with E-state index in [9.17, 15) is 4.79 Å². The van der Waals surface area contributed by atoms with E-state index in [0.717, 1.165) is 29.2 Å². The van der Waals surface area contributed by atoms with Crippen LogP contribution in [0.4, 0.5) is 5.69 Å². The van der Waals surface area contributed by atoms with Crippen LogP contribution in [0, 0.1) is 6.92 Å². The molecule has 0 unspecified atom stereocenters. The number of benzene rings is 1. The van der Waals surface area contributed by atoms with Crippen LogP contribution in [0.1, 0.15) is 40.4 Å². The lowest BCUT2D eigenvalue weighted by Crippen LogP contribution is -2.11. The minimum absolute atomic E-state index is 0.0738. The van der Waals surface area contributed by atoms with Crippen molar-refractivity contribution >= 4 is 22.9 Å². The molecule has 2 rings (SSSR count). The fourth-order valence-corrected chi connectivity index (χ4v) is 3.08. The average molecular weight is 303 g/mol. The first-order valence-electron chi connectivity index (χ1n) is 7.28. The standard InChI is InChI=1S/C17H21NO2S/c1-4-10-20-15-9-7-6-8-14(15)18-17(19)16-11-13(5-2)12(3)21-16/h6-9,11H,4-5,10H2,1-3H3,(H,18,19). The van der Waals surface area contributed by atoms with Crippen LogP contribution in [-0.2, 0) is 6.42 Å². The molecule has 3 nitrogen and oxygen atoms in total. The summed E-state index contributed by atoms with van der Waals surface area (Å²) in [6, 6.07) is 9.52. The fourth-order valence-electron chi connectivity index (χ4n) is 2.07. The first kappa shape index (κ1) is 15.6. The van der Waals surface area contributed by atoms with E-state index < -0.39 is 0 Å². The van der Waals surface area contributed by atoms with E-state index >= 15 is 0 Å². The fraction of sp³-hybridized carbons (Fsp3) is 0.353. The Bertz CT molecular complexity index is 619. The Labute approximate surface area is 130 Å². The number of rotatable bonds is 6. The molecule has 0 aliphatic carbocycles. The zero-order valence-electron chi connectivity index (χ0n) is 12.7. The minimum atomic E-state index is -0.0738. The molecule has 21 heavy (non-hydrogen) atoms. The Morgan fingerprint density at radius 3 is 2.71 bits per heavy atom. The van der Waals surface area contributed by atoms with Gasteiger partial charge in [0, 0.05) is 4.88 Å². The zero-order chi connectivity index (χ0) is 15.2. The van der Waals surface area contributed by atoms with Crippen LogP contribution < -0.4 is 10.1 Å². The third kappa shape index (κ3) is 3.85. The molecule has 1 aromatic heterocycles. The highest BCUT2D eigenvalue weighted by molar-refractivity contribution is 7.14. The number of nitrogens with one attached hydrogen (secondary N) is 1. The summed E-state index contributed by atoms with van der Waals surface area (Å²) in [5, 5.41) is 2.95. The molecule has 0 saturated carbocycles. The third-order valence-corrected chi connectivity index (χ3v) is 4.31. The van der Waals surface area contributed by atoms with Gasteiger partial charge in [-0.05, 0) is 43.5 Å². The lowest BCUT2D eigenvalue weighted by Gasteiger charge is -2.11. The molecule has 0 bridgehead atoms. The van der Waals surface area contributed by atoms with Crippen LogP contribution in [0.15, 0.2) is 30.3 Å². The Kier molecular flexibility index (Phi) is 5.39. The van der Waals surface area contributed by atoms with Crippen LogP contribution >= 0.6 is 11.3 Å². The van der Waals surface area contributed by atoms with Gasteiger partial charge in [-0.3, -0.25) is 4.79 Å². The summed E-state index contributed by atoms with van der Waals surface area (Å²) in [5.74, 6) is 0.645. The molecule has 0 aliphatic heterocycles. The van der Waals surface area contributed by atoms with Crippen molar-refractivity contribution in [1.82, 2.24) is 0 Å². The van der Waals surface area contributed by atoms with Crippen molar-refractivity contribution in [3.8, 4) is 5.75 Å². The van der Waals surface area contributed by atoms with Gasteiger partial charge in [0.1, 0.15) is 5.75 Å². The van der Waals surface area contributed by atoms with E-state index in [0.29, 0.717) is 6.61 Å². The van der Waals surface area contributed by atoms with Gasteiger partial charge in [-0.25, -0.2) is 0 Å². The van der Waals surface area contributed by atoms with Crippen LogP contribution in [0.2, 0.25) is 0 Å². The van der Waals surface area contributed by atoms with Gasteiger partial charge in [0.05, 0.1) is 17.2 Å². The second-order valence-corrected chi connectivity index (χ2v) is 6.10. The average Bonchev–Trinajstić information content (AvgIpc) is 2.87. The Morgan fingerprint density at radius 1 is 1.29 bits per heavy atom. The minimum Gasteiger partial charge on any atom is -0.491 e. The Hall–Kier alpha value is -1.81. The molecule has 1 heterocycles. The molecular formula is C17H21NO2S. The molecule has 0 atom stereocenters. The van der Waals surface area contributed by atoms with Gasteiger partial charge >= 0.3 is 0 Å². The van der Waals surface area contributed by atoms with E-state index in [1.165, 1.54) is 21.8 Å². The maximum atomic E-state index is 12.4. The van der Waals surface area contributed by atoms with Gasteiger partial charge in [0.25, 0.3) is 5.91 Å². The van der Waals surface area contributed by atoms with E-state index in [1.54, 1.807) is 0 Å². The number of para-hydroxylation sites is 2. The summed E-state index contributed by atoms with van der Waals surface area (Å²) in [6.07, 6.45) is 1.89. The molecule has 1 amide bonds.